The summed E-state index contributed by atoms with van der Waals surface area (Å²) in [5.41, 5.74) is 2.58. The fourth-order valence-corrected chi connectivity index (χ4v) is 3.00. The molecule has 0 aliphatic heterocycles. The number of methoxy groups -OCH3 is 2. The summed E-state index contributed by atoms with van der Waals surface area (Å²) >= 11 is 6.08. The van der Waals surface area contributed by atoms with Gasteiger partial charge in [-0.2, -0.15) is 0 Å². The van der Waals surface area contributed by atoms with Gasteiger partial charge in [0.1, 0.15) is 0 Å². The molecule has 0 bridgehead atoms. The van der Waals surface area contributed by atoms with E-state index in [4.69, 9.17) is 25.8 Å². The Hall–Kier alpha value is -2.73. The molecule has 0 atom stereocenters. The third kappa shape index (κ3) is 6.39. The summed E-state index contributed by atoms with van der Waals surface area (Å²) in [5.74, 6) is 0.0692. The van der Waals surface area contributed by atoms with Crippen LogP contribution in [0.2, 0.25) is 5.02 Å². The van der Waals surface area contributed by atoms with Gasteiger partial charge in [0, 0.05) is 6.54 Å². The molecular formula is C22H26ClNO5. The number of benzene rings is 2. The molecule has 2 aromatic rings. The van der Waals surface area contributed by atoms with Crippen LogP contribution in [0.25, 0.3) is 0 Å². The van der Waals surface area contributed by atoms with Crippen molar-refractivity contribution in [2.75, 3.05) is 27.4 Å². The monoisotopic (exact) mass is 419 g/mol. The third-order valence-corrected chi connectivity index (χ3v) is 4.67. The lowest BCUT2D eigenvalue weighted by Crippen LogP contribution is -2.30. The highest BCUT2D eigenvalue weighted by Gasteiger charge is 2.17. The summed E-state index contributed by atoms with van der Waals surface area (Å²) in [6.07, 6.45) is 0.698. The zero-order valence-corrected chi connectivity index (χ0v) is 17.8. The molecule has 0 spiro atoms. The summed E-state index contributed by atoms with van der Waals surface area (Å²) in [4.78, 5) is 24.1. The van der Waals surface area contributed by atoms with Crippen molar-refractivity contribution in [3.63, 3.8) is 0 Å². The van der Waals surface area contributed by atoms with Gasteiger partial charge in [-0.3, -0.25) is 4.79 Å². The number of carbonyl (C=O) groups is 2. The Morgan fingerprint density at radius 2 is 1.76 bits per heavy atom. The van der Waals surface area contributed by atoms with Crippen LogP contribution in [0.5, 0.6) is 11.5 Å². The number of carbonyl (C=O) groups excluding carboxylic acids is 2. The van der Waals surface area contributed by atoms with Crippen LogP contribution >= 0.6 is 11.6 Å². The van der Waals surface area contributed by atoms with Crippen molar-refractivity contribution >= 4 is 23.5 Å². The minimum Gasteiger partial charge on any atom is -0.493 e. The first-order valence-electron chi connectivity index (χ1n) is 9.29. The standard InChI is InChI=1S/C22H26ClNO5/c1-14(2)16-7-5-15(6-8-16)9-10-24-20(25)13-29-22(26)17-11-18(23)21(28-4)19(12-17)27-3/h5-8,11-12,14H,9-10,13H2,1-4H3,(H,24,25). The van der Waals surface area contributed by atoms with Crippen molar-refractivity contribution in [1.82, 2.24) is 5.32 Å². The van der Waals surface area contributed by atoms with Crippen molar-refractivity contribution in [3.05, 3.63) is 58.1 Å². The molecule has 0 radical (unpaired) electrons. The molecule has 6 nitrogen and oxygen atoms in total. The van der Waals surface area contributed by atoms with Crippen molar-refractivity contribution in [2.24, 2.45) is 0 Å². The molecule has 0 aliphatic rings. The number of halogens is 1. The van der Waals surface area contributed by atoms with E-state index in [0.29, 0.717) is 30.4 Å². The van der Waals surface area contributed by atoms with E-state index in [-0.39, 0.29) is 23.1 Å². The van der Waals surface area contributed by atoms with Gasteiger partial charge >= 0.3 is 5.97 Å². The number of ether oxygens (including phenoxy) is 3. The zero-order chi connectivity index (χ0) is 21.4. The highest BCUT2D eigenvalue weighted by Crippen LogP contribution is 2.36. The van der Waals surface area contributed by atoms with E-state index in [9.17, 15) is 9.59 Å². The molecular weight excluding hydrogens is 394 g/mol. The fraction of sp³-hybridized carbons (Fsp3) is 0.364. The van der Waals surface area contributed by atoms with Gasteiger partial charge in [0.25, 0.3) is 5.91 Å². The van der Waals surface area contributed by atoms with Crippen LogP contribution in [0.3, 0.4) is 0 Å². The largest absolute Gasteiger partial charge is 0.493 e. The predicted molar refractivity (Wildman–Crippen MR) is 112 cm³/mol. The topological polar surface area (TPSA) is 73.9 Å². The lowest BCUT2D eigenvalue weighted by atomic mass is 10.0. The molecule has 1 N–H and O–H groups in total. The van der Waals surface area contributed by atoms with Crippen LogP contribution in [0.4, 0.5) is 0 Å². The van der Waals surface area contributed by atoms with Gasteiger partial charge in [-0.1, -0.05) is 49.7 Å². The zero-order valence-electron chi connectivity index (χ0n) is 17.1. The SMILES string of the molecule is COc1cc(C(=O)OCC(=O)NCCc2ccc(C(C)C)cc2)cc(Cl)c1OC. The van der Waals surface area contributed by atoms with Crippen molar-refractivity contribution in [2.45, 2.75) is 26.2 Å². The van der Waals surface area contributed by atoms with Crippen LogP contribution in [0, 0.1) is 0 Å². The summed E-state index contributed by atoms with van der Waals surface area (Å²) in [5, 5.41) is 2.96. The second-order valence-electron chi connectivity index (χ2n) is 6.77. The number of hydrogen-bond donors (Lipinski definition) is 1. The number of amides is 1. The molecule has 0 saturated heterocycles. The maximum atomic E-state index is 12.2. The summed E-state index contributed by atoms with van der Waals surface area (Å²) < 4.78 is 15.3. The summed E-state index contributed by atoms with van der Waals surface area (Å²) in [6.45, 7) is 4.37. The molecule has 7 heteroatoms. The summed E-state index contributed by atoms with van der Waals surface area (Å²) in [7, 11) is 2.89. The van der Waals surface area contributed by atoms with Crippen LogP contribution in [-0.4, -0.2) is 39.2 Å². The van der Waals surface area contributed by atoms with E-state index in [0.717, 1.165) is 5.56 Å². The molecule has 0 saturated carbocycles. The van der Waals surface area contributed by atoms with Gasteiger partial charge in [0.05, 0.1) is 24.8 Å². The average molecular weight is 420 g/mol. The number of nitrogens with one attached hydrogen (secondary N) is 1. The highest BCUT2D eigenvalue weighted by molar-refractivity contribution is 6.32. The maximum Gasteiger partial charge on any atom is 0.338 e. The van der Waals surface area contributed by atoms with E-state index in [1.54, 1.807) is 0 Å². The molecule has 156 valence electrons. The second kappa shape index (κ2) is 10.7. The van der Waals surface area contributed by atoms with Crippen molar-refractivity contribution < 1.29 is 23.8 Å². The van der Waals surface area contributed by atoms with Gasteiger partial charge in [-0.25, -0.2) is 4.79 Å². The van der Waals surface area contributed by atoms with Crippen molar-refractivity contribution in [1.29, 1.82) is 0 Å². The highest BCUT2D eigenvalue weighted by atomic mass is 35.5. The fourth-order valence-electron chi connectivity index (χ4n) is 2.72. The Bertz CT molecular complexity index is 849. The first kappa shape index (κ1) is 22.6. The van der Waals surface area contributed by atoms with E-state index in [2.05, 4.69) is 43.4 Å². The molecule has 1 amide bonds. The molecule has 0 heterocycles. The Morgan fingerprint density at radius 3 is 2.34 bits per heavy atom. The molecule has 29 heavy (non-hydrogen) atoms. The van der Waals surface area contributed by atoms with E-state index in [1.165, 1.54) is 31.9 Å². The minimum absolute atomic E-state index is 0.172. The smallest absolute Gasteiger partial charge is 0.338 e. The lowest BCUT2D eigenvalue weighted by molar-refractivity contribution is -0.124. The van der Waals surface area contributed by atoms with Gasteiger partial charge in [0.15, 0.2) is 18.1 Å². The normalized spacial score (nSPS) is 10.6. The first-order chi connectivity index (χ1) is 13.8. The van der Waals surface area contributed by atoms with Gasteiger partial charge < -0.3 is 19.5 Å². The van der Waals surface area contributed by atoms with Crippen LogP contribution in [0.1, 0.15) is 41.3 Å². The number of hydrogen-bond acceptors (Lipinski definition) is 5. The molecule has 2 rings (SSSR count). The van der Waals surface area contributed by atoms with Crippen LogP contribution < -0.4 is 14.8 Å². The lowest BCUT2D eigenvalue weighted by Gasteiger charge is -2.12. The molecule has 0 fully saturated rings. The number of rotatable bonds is 9. The van der Waals surface area contributed by atoms with Gasteiger partial charge in [-0.15, -0.1) is 0 Å². The number of esters is 1. The summed E-state index contributed by atoms with van der Waals surface area (Å²) in [6, 6.07) is 11.2. The molecule has 0 aromatic heterocycles. The third-order valence-electron chi connectivity index (χ3n) is 4.39. The van der Waals surface area contributed by atoms with E-state index in [1.807, 2.05) is 0 Å². The molecule has 2 aromatic carbocycles. The maximum absolute atomic E-state index is 12.2. The van der Waals surface area contributed by atoms with Crippen LogP contribution in [-0.2, 0) is 16.0 Å². The van der Waals surface area contributed by atoms with Gasteiger partial charge in [0.2, 0.25) is 0 Å². The average Bonchev–Trinajstić information content (AvgIpc) is 2.71. The van der Waals surface area contributed by atoms with Gasteiger partial charge in [-0.05, 0) is 35.6 Å². The Balaban J connectivity index is 1.81. The second-order valence-corrected chi connectivity index (χ2v) is 7.17. The van der Waals surface area contributed by atoms with Crippen LogP contribution in [0.15, 0.2) is 36.4 Å². The van der Waals surface area contributed by atoms with E-state index < -0.39 is 5.97 Å². The predicted octanol–water partition coefficient (Wildman–Crippen LogP) is 4.00. The first-order valence-corrected chi connectivity index (χ1v) is 9.67. The van der Waals surface area contributed by atoms with Crippen molar-refractivity contribution in [3.8, 4) is 11.5 Å². The Morgan fingerprint density at radius 1 is 1.07 bits per heavy atom. The molecule has 0 unspecified atom stereocenters. The molecule has 0 aliphatic carbocycles. The Kier molecular flexibility index (Phi) is 8.34. The van der Waals surface area contributed by atoms with E-state index >= 15 is 0 Å². The minimum atomic E-state index is -0.674. The Labute approximate surface area is 176 Å². The quantitative estimate of drug-likeness (QED) is 0.622.